The zero-order valence-corrected chi connectivity index (χ0v) is 13.4. The third-order valence-electron chi connectivity index (χ3n) is 2.80. The molecule has 1 heterocycles. The van der Waals surface area contributed by atoms with Crippen molar-refractivity contribution >= 4 is 11.7 Å². The molecule has 1 amide bonds. The minimum absolute atomic E-state index is 0. The molecular formula is C12H11F3KNO2. The Bertz CT molecular complexity index is 490. The molecule has 7 heteroatoms. The average molecular weight is 297 g/mol. The van der Waals surface area contributed by atoms with Crippen LogP contribution in [0.3, 0.4) is 0 Å². The van der Waals surface area contributed by atoms with Crippen LogP contribution < -0.4 is 56.7 Å². The van der Waals surface area contributed by atoms with Gasteiger partial charge in [0.25, 0.3) is 0 Å². The first-order valence-electron chi connectivity index (χ1n) is 5.37. The predicted octanol–water partition coefficient (Wildman–Crippen LogP) is -0.658. The first kappa shape index (κ1) is 16.8. The smallest absolute Gasteiger partial charge is 1.00 e. The Balaban J connectivity index is 0.00000180. The minimum Gasteiger partial charge on any atom is -1.00 e. The molecule has 1 fully saturated rings. The van der Waals surface area contributed by atoms with E-state index in [1.54, 1.807) is 0 Å². The summed E-state index contributed by atoms with van der Waals surface area (Å²) >= 11 is 0. The zero-order valence-electron chi connectivity index (χ0n) is 11.3. The van der Waals surface area contributed by atoms with Gasteiger partial charge in [0.1, 0.15) is 6.04 Å². The van der Waals surface area contributed by atoms with Crippen molar-refractivity contribution in [3.05, 3.63) is 35.4 Å². The molecule has 98 valence electrons. The third-order valence-corrected chi connectivity index (χ3v) is 2.80. The number of hydrogen-bond acceptors (Lipinski definition) is 2. The fraction of sp³-hybridized carbons (Fsp3) is 0.333. The number of hydrogen-bond donors (Lipinski definition) is 1. The Morgan fingerprint density at radius 1 is 1.11 bits per heavy atom. The molecule has 0 saturated carbocycles. The maximum Gasteiger partial charge on any atom is 1.00 e. The Hall–Kier alpha value is -0.214. The minimum atomic E-state index is -4.40. The van der Waals surface area contributed by atoms with Gasteiger partial charge in [0.05, 0.1) is 5.56 Å². The fourth-order valence-electron chi connectivity index (χ4n) is 1.83. The normalized spacial score (nSPS) is 19.6. The van der Waals surface area contributed by atoms with Crippen LogP contribution in [-0.2, 0) is 15.8 Å². The van der Waals surface area contributed by atoms with Crippen molar-refractivity contribution in [2.45, 2.75) is 25.1 Å². The second kappa shape index (κ2) is 6.49. The largest absolute Gasteiger partial charge is 1.00 e. The second-order valence-corrected chi connectivity index (χ2v) is 4.09. The molecule has 19 heavy (non-hydrogen) atoms. The van der Waals surface area contributed by atoms with Crippen LogP contribution in [0.4, 0.5) is 13.2 Å². The molecule has 1 saturated heterocycles. The Morgan fingerprint density at radius 2 is 1.68 bits per heavy atom. The van der Waals surface area contributed by atoms with Gasteiger partial charge in [-0.05, 0) is 17.7 Å². The molecule has 2 rings (SSSR count). The molecule has 1 aliphatic heterocycles. The molecule has 0 aliphatic carbocycles. The Morgan fingerprint density at radius 3 is 2.21 bits per heavy atom. The first-order chi connectivity index (χ1) is 8.38. The molecule has 1 aromatic carbocycles. The van der Waals surface area contributed by atoms with Gasteiger partial charge in [-0.15, -0.1) is 0 Å². The molecule has 1 atom stereocenters. The molecule has 3 nitrogen and oxygen atoms in total. The van der Waals surface area contributed by atoms with Crippen LogP contribution in [0.2, 0.25) is 0 Å². The summed E-state index contributed by atoms with van der Waals surface area (Å²) in [5, 5.41) is 2.47. The van der Waals surface area contributed by atoms with Crippen LogP contribution in [-0.4, -0.2) is 11.7 Å². The van der Waals surface area contributed by atoms with E-state index in [4.69, 9.17) is 0 Å². The summed E-state index contributed by atoms with van der Waals surface area (Å²) in [6, 6.07) is 3.43. The third kappa shape index (κ3) is 4.12. The molecule has 1 unspecified atom stereocenters. The molecule has 0 bridgehead atoms. The van der Waals surface area contributed by atoms with Crippen molar-refractivity contribution < 1.29 is 75.6 Å². The van der Waals surface area contributed by atoms with E-state index in [1.807, 2.05) is 0 Å². The van der Waals surface area contributed by atoms with Gasteiger partial charge in [0, 0.05) is 12.8 Å². The summed E-state index contributed by atoms with van der Waals surface area (Å²) in [7, 11) is 0. The van der Waals surface area contributed by atoms with Gasteiger partial charge in [-0.1, -0.05) is 12.1 Å². The van der Waals surface area contributed by atoms with E-state index >= 15 is 0 Å². The van der Waals surface area contributed by atoms with Crippen LogP contribution in [0.25, 0.3) is 0 Å². The number of amides is 1. The van der Waals surface area contributed by atoms with Gasteiger partial charge < -0.3 is 6.74 Å². The fourth-order valence-corrected chi connectivity index (χ4v) is 1.83. The van der Waals surface area contributed by atoms with Gasteiger partial charge in [0.2, 0.25) is 5.91 Å². The quantitative estimate of drug-likeness (QED) is 0.700. The number of piperidine rings is 1. The van der Waals surface area contributed by atoms with Crippen LogP contribution in [0.15, 0.2) is 24.3 Å². The van der Waals surface area contributed by atoms with Crippen LogP contribution in [0, 0.1) is 0 Å². The summed E-state index contributed by atoms with van der Waals surface area (Å²) in [6.45, 7) is 0. The van der Waals surface area contributed by atoms with Crippen LogP contribution in [0.5, 0.6) is 0 Å². The summed E-state index contributed by atoms with van der Waals surface area (Å²) in [5.74, 6) is -0.450. The molecule has 0 aromatic heterocycles. The number of Topliss-reactive ketones (excluding diaryl/α,β-unsaturated/α-hetero) is 1. The van der Waals surface area contributed by atoms with E-state index in [0.717, 1.165) is 12.1 Å². The monoisotopic (exact) mass is 297 g/mol. The van der Waals surface area contributed by atoms with Crippen molar-refractivity contribution in [3.8, 4) is 0 Å². The number of carbonyl (C=O) groups excluding carboxylic acids is 2. The number of rotatable bonds is 1. The zero-order chi connectivity index (χ0) is 13.3. The number of ketones is 1. The van der Waals surface area contributed by atoms with Gasteiger partial charge in [-0.3, -0.25) is 9.59 Å². The van der Waals surface area contributed by atoms with Crippen molar-refractivity contribution in [1.82, 2.24) is 5.32 Å². The van der Waals surface area contributed by atoms with E-state index in [9.17, 15) is 22.8 Å². The van der Waals surface area contributed by atoms with E-state index in [2.05, 4.69) is 5.32 Å². The number of alkyl halides is 3. The van der Waals surface area contributed by atoms with Crippen molar-refractivity contribution in [2.24, 2.45) is 0 Å². The SMILES string of the molecule is O=C1CCC(=O)C(c2ccc(C(F)(F)F)cc2)N1.[H-].[K+]. The summed E-state index contributed by atoms with van der Waals surface area (Å²) < 4.78 is 37.1. The van der Waals surface area contributed by atoms with Crippen molar-refractivity contribution in [1.29, 1.82) is 0 Å². The maximum atomic E-state index is 12.4. The van der Waals surface area contributed by atoms with E-state index in [-0.39, 0.29) is 77.3 Å². The standard InChI is InChI=1S/C12H10F3NO2.K.H/c13-12(14,15)8-3-1-7(2-4-8)11-9(17)5-6-10(18)16-11;;/h1-4,11H,5-6H2,(H,16,18);;/q;+1;-1. The van der Waals surface area contributed by atoms with E-state index in [1.165, 1.54) is 12.1 Å². The molecule has 1 aromatic rings. The maximum absolute atomic E-state index is 12.4. The summed E-state index contributed by atoms with van der Waals surface area (Å²) in [6.07, 6.45) is -4.15. The van der Waals surface area contributed by atoms with Crippen LogP contribution >= 0.6 is 0 Å². The molecule has 1 N–H and O–H groups in total. The van der Waals surface area contributed by atoms with Crippen molar-refractivity contribution in [3.63, 3.8) is 0 Å². The topological polar surface area (TPSA) is 46.2 Å². The Kier molecular flexibility index (Phi) is 5.75. The second-order valence-electron chi connectivity index (χ2n) is 4.09. The summed E-state index contributed by atoms with van der Waals surface area (Å²) in [5.41, 5.74) is -0.401. The van der Waals surface area contributed by atoms with Crippen molar-refractivity contribution in [2.75, 3.05) is 0 Å². The van der Waals surface area contributed by atoms with Gasteiger partial charge in [-0.25, -0.2) is 0 Å². The van der Waals surface area contributed by atoms with E-state index in [0.29, 0.717) is 5.56 Å². The Labute approximate surface area is 151 Å². The van der Waals surface area contributed by atoms with Gasteiger partial charge in [-0.2, -0.15) is 13.2 Å². The number of benzene rings is 1. The number of nitrogens with one attached hydrogen (secondary N) is 1. The average Bonchev–Trinajstić information content (AvgIpc) is 2.31. The molecular weight excluding hydrogens is 286 g/mol. The van der Waals surface area contributed by atoms with Gasteiger partial charge in [0.15, 0.2) is 5.78 Å². The molecule has 1 aliphatic rings. The molecule has 0 spiro atoms. The predicted molar refractivity (Wildman–Crippen MR) is 57.7 cm³/mol. The van der Waals surface area contributed by atoms with Gasteiger partial charge >= 0.3 is 57.6 Å². The number of carbonyl (C=O) groups is 2. The number of halogens is 3. The summed E-state index contributed by atoms with van der Waals surface area (Å²) in [4.78, 5) is 22.8. The van der Waals surface area contributed by atoms with Crippen LogP contribution in [0.1, 0.15) is 31.4 Å². The first-order valence-corrected chi connectivity index (χ1v) is 5.37. The molecule has 0 radical (unpaired) electrons. The van der Waals surface area contributed by atoms with E-state index < -0.39 is 17.8 Å².